The Hall–Kier alpha value is -2.44. The zero-order valence-electron chi connectivity index (χ0n) is 19.1. The van der Waals surface area contributed by atoms with Gasteiger partial charge in [0.1, 0.15) is 5.82 Å². The summed E-state index contributed by atoms with van der Waals surface area (Å²) >= 11 is 0. The fourth-order valence-corrected chi connectivity index (χ4v) is 4.48. The Bertz CT molecular complexity index is 977. The van der Waals surface area contributed by atoms with Crippen molar-refractivity contribution in [2.75, 3.05) is 31.6 Å². The number of unbranched alkanes of at least 4 members (excludes halogenated alkanes) is 1. The number of pyridine rings is 1. The van der Waals surface area contributed by atoms with Gasteiger partial charge >= 0.3 is 0 Å². The monoisotopic (exact) mass is 421 g/mol. The van der Waals surface area contributed by atoms with Gasteiger partial charge in [-0.15, -0.1) is 0 Å². The molecule has 0 saturated carbocycles. The Kier molecular flexibility index (Phi) is 7.20. The molecule has 2 aromatic heterocycles. The van der Waals surface area contributed by atoms with Gasteiger partial charge in [-0.2, -0.15) is 0 Å². The van der Waals surface area contributed by atoms with Crippen LogP contribution in [0.15, 0.2) is 41.1 Å². The number of oxazole rings is 1. The molecule has 1 aromatic carbocycles. The quantitative estimate of drug-likeness (QED) is 0.492. The number of hydrazine groups is 1. The first-order chi connectivity index (χ1) is 15.2. The van der Waals surface area contributed by atoms with Gasteiger partial charge in [-0.1, -0.05) is 32.4 Å². The van der Waals surface area contributed by atoms with Crippen LogP contribution in [0.5, 0.6) is 0 Å². The fourth-order valence-electron chi connectivity index (χ4n) is 4.48. The first kappa shape index (κ1) is 21.8. The molecule has 1 aliphatic rings. The molecule has 0 unspecified atom stereocenters. The van der Waals surface area contributed by atoms with Crippen LogP contribution in [0.4, 0.5) is 5.82 Å². The van der Waals surface area contributed by atoms with E-state index in [-0.39, 0.29) is 0 Å². The van der Waals surface area contributed by atoms with Crippen molar-refractivity contribution < 1.29 is 4.42 Å². The number of aromatic nitrogens is 2. The van der Waals surface area contributed by atoms with E-state index < -0.39 is 0 Å². The van der Waals surface area contributed by atoms with Crippen LogP contribution in [0.2, 0.25) is 0 Å². The van der Waals surface area contributed by atoms with Crippen molar-refractivity contribution in [3.63, 3.8) is 0 Å². The molecule has 1 saturated heterocycles. The third-order valence-corrected chi connectivity index (χ3v) is 6.19. The Morgan fingerprint density at radius 2 is 1.87 bits per heavy atom. The summed E-state index contributed by atoms with van der Waals surface area (Å²) in [6, 6.07) is 9.12. The molecule has 0 spiro atoms. The van der Waals surface area contributed by atoms with Crippen molar-refractivity contribution in [2.45, 2.75) is 58.9 Å². The van der Waals surface area contributed by atoms with Gasteiger partial charge in [0.25, 0.3) is 0 Å². The number of hydrogen-bond donors (Lipinski definition) is 1. The van der Waals surface area contributed by atoms with Crippen LogP contribution in [-0.2, 0) is 0 Å². The zero-order chi connectivity index (χ0) is 21.6. The molecule has 0 atom stereocenters. The maximum atomic E-state index is 5.69. The highest BCUT2D eigenvalue weighted by molar-refractivity contribution is 5.87. The van der Waals surface area contributed by atoms with Gasteiger partial charge in [0.2, 0.25) is 0 Å². The predicted molar refractivity (Wildman–Crippen MR) is 127 cm³/mol. The molecule has 0 radical (unpaired) electrons. The van der Waals surface area contributed by atoms with E-state index in [0.29, 0.717) is 11.9 Å². The standard InChI is InChI=1S/C25H35N5O/c1-4-6-12-29(11-5-2)23-9-13-30(14-10-23)28-25-16-22-15-20(7-8-21(22)17-27-25)24-18-26-19(3)31-24/h7-8,15-18,23H,4-6,9-14H2,1-3H3,(H,27,28). The number of fused-ring (bicyclic) bond motifs is 1. The molecule has 1 N–H and O–H groups in total. The number of hydrogen-bond acceptors (Lipinski definition) is 6. The summed E-state index contributed by atoms with van der Waals surface area (Å²) in [7, 11) is 0. The van der Waals surface area contributed by atoms with Crippen LogP contribution >= 0.6 is 0 Å². The van der Waals surface area contributed by atoms with Crippen LogP contribution in [0.3, 0.4) is 0 Å². The van der Waals surface area contributed by atoms with Gasteiger partial charge in [-0.05, 0) is 56.3 Å². The summed E-state index contributed by atoms with van der Waals surface area (Å²) in [5.41, 5.74) is 4.58. The van der Waals surface area contributed by atoms with E-state index in [9.17, 15) is 0 Å². The van der Waals surface area contributed by atoms with Gasteiger partial charge in [0.15, 0.2) is 11.7 Å². The van der Waals surface area contributed by atoms with Crippen molar-refractivity contribution in [3.05, 3.63) is 42.5 Å². The van der Waals surface area contributed by atoms with Gasteiger partial charge in [-0.25, -0.2) is 15.0 Å². The first-order valence-corrected chi connectivity index (χ1v) is 11.7. The molecular formula is C25H35N5O. The normalized spacial score (nSPS) is 15.7. The van der Waals surface area contributed by atoms with Crippen molar-refractivity contribution in [1.82, 2.24) is 19.9 Å². The summed E-state index contributed by atoms with van der Waals surface area (Å²) in [4.78, 5) is 11.6. The zero-order valence-corrected chi connectivity index (χ0v) is 19.1. The maximum Gasteiger partial charge on any atom is 0.191 e. The second-order valence-corrected chi connectivity index (χ2v) is 8.59. The van der Waals surface area contributed by atoms with Crippen LogP contribution in [0.25, 0.3) is 22.1 Å². The van der Waals surface area contributed by atoms with Gasteiger partial charge in [0.05, 0.1) is 6.20 Å². The minimum Gasteiger partial charge on any atom is -0.441 e. The van der Waals surface area contributed by atoms with Crippen molar-refractivity contribution in [2.24, 2.45) is 0 Å². The van der Waals surface area contributed by atoms with E-state index in [4.69, 9.17) is 4.42 Å². The van der Waals surface area contributed by atoms with E-state index in [1.54, 1.807) is 6.20 Å². The lowest BCUT2D eigenvalue weighted by molar-refractivity contribution is 0.118. The highest BCUT2D eigenvalue weighted by atomic mass is 16.4. The van der Waals surface area contributed by atoms with Crippen LogP contribution in [0.1, 0.15) is 51.8 Å². The number of benzene rings is 1. The molecular weight excluding hydrogens is 386 g/mol. The maximum absolute atomic E-state index is 5.69. The Morgan fingerprint density at radius 3 is 2.58 bits per heavy atom. The first-order valence-electron chi connectivity index (χ1n) is 11.7. The number of aryl methyl sites for hydroxylation is 1. The molecule has 166 valence electrons. The lowest BCUT2D eigenvalue weighted by Gasteiger charge is -2.38. The van der Waals surface area contributed by atoms with E-state index >= 15 is 0 Å². The van der Waals surface area contributed by atoms with Gasteiger partial charge in [-0.3, -0.25) is 0 Å². The average Bonchev–Trinajstić information content (AvgIpc) is 3.23. The molecule has 6 heteroatoms. The number of nitrogens with one attached hydrogen (secondary N) is 1. The third kappa shape index (κ3) is 5.43. The Balaban J connectivity index is 1.39. The topological polar surface area (TPSA) is 57.4 Å². The molecule has 1 aliphatic heterocycles. The minimum absolute atomic E-state index is 0.683. The summed E-state index contributed by atoms with van der Waals surface area (Å²) < 4.78 is 5.69. The minimum atomic E-state index is 0.683. The van der Waals surface area contributed by atoms with E-state index in [1.165, 1.54) is 45.2 Å². The highest BCUT2D eigenvalue weighted by Crippen LogP contribution is 2.26. The number of rotatable bonds is 9. The number of anilines is 1. The highest BCUT2D eigenvalue weighted by Gasteiger charge is 2.24. The second kappa shape index (κ2) is 10.2. The fraction of sp³-hybridized carbons (Fsp3) is 0.520. The SMILES string of the molecule is CCCCN(CCC)C1CCN(Nc2cc3cc(-c4cnc(C)o4)ccc3cn2)CC1. The van der Waals surface area contributed by atoms with Crippen molar-refractivity contribution in [3.8, 4) is 11.3 Å². The smallest absolute Gasteiger partial charge is 0.191 e. The molecule has 3 aromatic rings. The Morgan fingerprint density at radius 1 is 1.03 bits per heavy atom. The summed E-state index contributed by atoms with van der Waals surface area (Å²) in [6.07, 6.45) is 9.94. The third-order valence-electron chi connectivity index (χ3n) is 6.19. The van der Waals surface area contributed by atoms with Crippen molar-refractivity contribution >= 4 is 16.6 Å². The van der Waals surface area contributed by atoms with Gasteiger partial charge in [0, 0.05) is 43.2 Å². The molecule has 31 heavy (non-hydrogen) atoms. The van der Waals surface area contributed by atoms with E-state index in [2.05, 4.69) is 63.4 Å². The largest absolute Gasteiger partial charge is 0.441 e. The molecule has 3 heterocycles. The molecule has 1 fully saturated rings. The molecule has 4 rings (SSSR count). The molecule has 0 bridgehead atoms. The summed E-state index contributed by atoms with van der Waals surface area (Å²) in [6.45, 7) is 11.0. The second-order valence-electron chi connectivity index (χ2n) is 8.59. The van der Waals surface area contributed by atoms with Gasteiger partial charge < -0.3 is 14.7 Å². The number of piperidine rings is 1. The van der Waals surface area contributed by atoms with E-state index in [0.717, 1.165) is 41.0 Å². The van der Waals surface area contributed by atoms with Crippen molar-refractivity contribution in [1.29, 1.82) is 0 Å². The summed E-state index contributed by atoms with van der Waals surface area (Å²) in [5.74, 6) is 2.38. The molecule has 0 aliphatic carbocycles. The lowest BCUT2D eigenvalue weighted by atomic mass is 10.0. The predicted octanol–water partition coefficient (Wildman–Crippen LogP) is 5.50. The molecule has 0 amide bonds. The Labute approximate surface area is 185 Å². The van der Waals surface area contributed by atoms with Crippen LogP contribution in [0, 0.1) is 6.92 Å². The van der Waals surface area contributed by atoms with E-state index in [1.807, 2.05) is 13.1 Å². The average molecular weight is 422 g/mol. The lowest BCUT2D eigenvalue weighted by Crippen LogP contribution is -2.47. The molecule has 6 nitrogen and oxygen atoms in total. The van der Waals surface area contributed by atoms with Crippen LogP contribution < -0.4 is 5.43 Å². The van der Waals surface area contributed by atoms with Crippen LogP contribution in [-0.4, -0.2) is 52.1 Å². The summed E-state index contributed by atoms with van der Waals surface area (Å²) in [5, 5.41) is 4.58. The number of nitrogens with zero attached hydrogens (tertiary/aromatic N) is 4.